The van der Waals surface area contributed by atoms with Crippen molar-refractivity contribution >= 4 is 0 Å². The van der Waals surface area contributed by atoms with Crippen LogP contribution >= 0.6 is 0 Å². The molecule has 4 aliphatic carbocycles. The van der Waals surface area contributed by atoms with Gasteiger partial charge in [-0.2, -0.15) is 0 Å². The maximum Gasteiger partial charge on any atom is 0.158 e. The molecular formula is C17H27N3O. The molecule has 0 unspecified atom stereocenters. The summed E-state index contributed by atoms with van der Waals surface area (Å²) in [5.41, 5.74) is 0. The van der Waals surface area contributed by atoms with Crippen LogP contribution in [0.1, 0.15) is 63.5 Å². The first kappa shape index (κ1) is 13.7. The first-order chi connectivity index (χ1) is 10.2. The monoisotopic (exact) mass is 289 g/mol. The van der Waals surface area contributed by atoms with Crippen LogP contribution in [-0.4, -0.2) is 19.9 Å². The molecule has 4 fully saturated rings. The molecule has 4 nitrogen and oxygen atoms in total. The second-order valence-electron chi connectivity index (χ2n) is 8.09. The van der Waals surface area contributed by atoms with Gasteiger partial charge >= 0.3 is 0 Å². The quantitative estimate of drug-likeness (QED) is 0.927. The van der Waals surface area contributed by atoms with Crippen molar-refractivity contribution in [1.82, 2.24) is 14.8 Å². The SMILES string of the molecule is CC(C)Cn1c(CO)nnc1C1C2CC3CC(C2)CC1C3. The first-order valence-corrected chi connectivity index (χ1v) is 8.68. The lowest BCUT2D eigenvalue weighted by Crippen LogP contribution is -2.44. The molecular weight excluding hydrogens is 262 g/mol. The van der Waals surface area contributed by atoms with Crippen molar-refractivity contribution in [2.45, 2.75) is 65.0 Å². The summed E-state index contributed by atoms with van der Waals surface area (Å²) in [5, 5.41) is 18.4. The molecule has 0 radical (unpaired) electrons. The molecule has 0 spiro atoms. The van der Waals surface area contributed by atoms with E-state index in [9.17, 15) is 5.11 Å². The maximum atomic E-state index is 9.57. The highest BCUT2D eigenvalue weighted by molar-refractivity contribution is 5.13. The minimum atomic E-state index is 0.00697. The molecule has 4 heteroatoms. The van der Waals surface area contributed by atoms with Gasteiger partial charge in [-0.25, -0.2) is 0 Å². The van der Waals surface area contributed by atoms with Gasteiger partial charge in [0, 0.05) is 12.5 Å². The van der Waals surface area contributed by atoms with E-state index < -0.39 is 0 Å². The predicted octanol–water partition coefficient (Wildman–Crippen LogP) is 2.97. The summed E-state index contributed by atoms with van der Waals surface area (Å²) in [7, 11) is 0. The number of hydrogen-bond acceptors (Lipinski definition) is 3. The van der Waals surface area contributed by atoms with Crippen LogP contribution in [0.4, 0.5) is 0 Å². The summed E-state index contributed by atoms with van der Waals surface area (Å²) in [6.07, 6.45) is 7.10. The van der Waals surface area contributed by atoms with Crippen molar-refractivity contribution in [3.05, 3.63) is 11.6 Å². The third-order valence-corrected chi connectivity index (χ3v) is 6.07. The molecule has 0 saturated heterocycles. The topological polar surface area (TPSA) is 50.9 Å². The second-order valence-corrected chi connectivity index (χ2v) is 8.09. The Hall–Kier alpha value is -0.900. The van der Waals surface area contributed by atoms with Crippen molar-refractivity contribution in [3.63, 3.8) is 0 Å². The van der Waals surface area contributed by atoms with Gasteiger partial charge in [0.05, 0.1) is 0 Å². The largest absolute Gasteiger partial charge is 0.388 e. The lowest BCUT2D eigenvalue weighted by molar-refractivity contribution is -0.00715. The van der Waals surface area contributed by atoms with Crippen LogP contribution in [0.3, 0.4) is 0 Å². The van der Waals surface area contributed by atoms with Crippen molar-refractivity contribution in [1.29, 1.82) is 0 Å². The van der Waals surface area contributed by atoms with Gasteiger partial charge in [0.15, 0.2) is 5.82 Å². The average Bonchev–Trinajstić information content (AvgIpc) is 2.80. The number of hydrogen-bond donors (Lipinski definition) is 1. The molecule has 1 heterocycles. The molecule has 4 saturated carbocycles. The zero-order chi connectivity index (χ0) is 14.6. The van der Waals surface area contributed by atoms with Crippen molar-refractivity contribution in [2.24, 2.45) is 29.6 Å². The lowest BCUT2D eigenvalue weighted by Gasteiger charge is -2.54. The molecule has 5 rings (SSSR count). The van der Waals surface area contributed by atoms with Crippen LogP contribution in [0, 0.1) is 29.6 Å². The van der Waals surface area contributed by atoms with E-state index in [1.807, 2.05) is 0 Å². The van der Waals surface area contributed by atoms with Crippen LogP contribution in [-0.2, 0) is 13.2 Å². The molecule has 4 bridgehead atoms. The Morgan fingerprint density at radius 1 is 1.05 bits per heavy atom. The van der Waals surface area contributed by atoms with Crippen LogP contribution < -0.4 is 0 Å². The summed E-state index contributed by atoms with van der Waals surface area (Å²) in [4.78, 5) is 0. The van der Waals surface area contributed by atoms with Crippen molar-refractivity contribution in [2.75, 3.05) is 0 Å². The second kappa shape index (κ2) is 5.08. The first-order valence-electron chi connectivity index (χ1n) is 8.68. The molecule has 0 atom stereocenters. The number of aliphatic hydroxyl groups is 1. The molecule has 4 aliphatic rings. The fraction of sp³-hybridized carbons (Fsp3) is 0.882. The third-order valence-electron chi connectivity index (χ3n) is 6.07. The van der Waals surface area contributed by atoms with Gasteiger partial charge in [0.25, 0.3) is 0 Å². The number of nitrogens with zero attached hydrogens (tertiary/aromatic N) is 3. The van der Waals surface area contributed by atoms with Crippen molar-refractivity contribution in [3.8, 4) is 0 Å². The Morgan fingerprint density at radius 2 is 1.67 bits per heavy atom. The van der Waals surface area contributed by atoms with E-state index in [4.69, 9.17) is 0 Å². The molecule has 1 N–H and O–H groups in total. The summed E-state index contributed by atoms with van der Waals surface area (Å²) < 4.78 is 2.23. The van der Waals surface area contributed by atoms with Gasteiger partial charge < -0.3 is 9.67 Å². The Morgan fingerprint density at radius 3 is 2.19 bits per heavy atom. The smallest absolute Gasteiger partial charge is 0.158 e. The van der Waals surface area contributed by atoms with E-state index >= 15 is 0 Å². The van der Waals surface area contributed by atoms with Crippen LogP contribution in [0.5, 0.6) is 0 Å². The molecule has 0 aliphatic heterocycles. The Kier molecular flexibility index (Phi) is 3.32. The minimum absolute atomic E-state index is 0.00697. The Balaban J connectivity index is 1.68. The summed E-state index contributed by atoms with van der Waals surface area (Å²) in [6, 6.07) is 0. The summed E-state index contributed by atoms with van der Waals surface area (Å²) >= 11 is 0. The molecule has 1 aromatic rings. The van der Waals surface area contributed by atoms with Gasteiger partial charge in [-0.15, -0.1) is 10.2 Å². The standard InChI is InChI=1S/C17H27N3O/c1-10(2)8-20-15(9-21)18-19-17(20)16-13-4-11-3-12(6-13)7-14(16)5-11/h10-14,16,21H,3-9H2,1-2H3. The fourth-order valence-corrected chi connectivity index (χ4v) is 5.62. The normalized spacial score (nSPS) is 37.6. The predicted molar refractivity (Wildman–Crippen MR) is 80.6 cm³/mol. The summed E-state index contributed by atoms with van der Waals surface area (Å²) in [6.45, 7) is 5.39. The van der Waals surface area contributed by atoms with E-state index in [1.54, 1.807) is 0 Å². The highest BCUT2D eigenvalue weighted by Gasteiger charge is 2.50. The summed E-state index contributed by atoms with van der Waals surface area (Å²) in [5.74, 6) is 6.72. The van der Waals surface area contributed by atoms with Gasteiger partial charge in [0.2, 0.25) is 0 Å². The van der Waals surface area contributed by atoms with E-state index in [2.05, 4.69) is 28.6 Å². The highest BCUT2D eigenvalue weighted by atomic mass is 16.3. The number of aliphatic hydroxyl groups excluding tert-OH is 1. The van der Waals surface area contributed by atoms with E-state index in [0.29, 0.717) is 11.8 Å². The number of rotatable bonds is 4. The molecule has 0 amide bonds. The van der Waals surface area contributed by atoms with Gasteiger partial charge in [-0.05, 0) is 61.7 Å². The minimum Gasteiger partial charge on any atom is -0.388 e. The van der Waals surface area contributed by atoms with Crippen molar-refractivity contribution < 1.29 is 5.11 Å². The Labute approximate surface area is 127 Å². The molecule has 21 heavy (non-hydrogen) atoms. The van der Waals surface area contributed by atoms with Gasteiger partial charge in [-0.1, -0.05) is 13.8 Å². The van der Waals surface area contributed by atoms with Crippen LogP contribution in [0.15, 0.2) is 0 Å². The molecule has 116 valence electrons. The third kappa shape index (κ3) is 2.23. The fourth-order valence-electron chi connectivity index (χ4n) is 5.62. The maximum absolute atomic E-state index is 9.57. The Bertz CT molecular complexity index is 494. The molecule has 0 aromatic carbocycles. The highest BCUT2D eigenvalue weighted by Crippen LogP contribution is 2.59. The zero-order valence-electron chi connectivity index (χ0n) is 13.2. The van der Waals surface area contributed by atoms with Crippen LogP contribution in [0.2, 0.25) is 0 Å². The average molecular weight is 289 g/mol. The van der Waals surface area contributed by atoms with E-state index in [1.165, 1.54) is 37.9 Å². The molecule has 1 aromatic heterocycles. The zero-order valence-corrected chi connectivity index (χ0v) is 13.2. The lowest BCUT2D eigenvalue weighted by atomic mass is 9.51. The van der Waals surface area contributed by atoms with Gasteiger partial charge in [-0.3, -0.25) is 0 Å². The van der Waals surface area contributed by atoms with Gasteiger partial charge in [0.1, 0.15) is 12.4 Å². The van der Waals surface area contributed by atoms with E-state index in [-0.39, 0.29) is 6.61 Å². The van der Waals surface area contributed by atoms with E-state index in [0.717, 1.165) is 36.0 Å². The number of aromatic nitrogens is 3. The van der Waals surface area contributed by atoms with Crippen LogP contribution in [0.25, 0.3) is 0 Å².